The van der Waals surface area contributed by atoms with Crippen LogP contribution >= 0.6 is 22.6 Å². The maximum Gasteiger partial charge on any atom is 0.253 e. The van der Waals surface area contributed by atoms with Crippen molar-refractivity contribution >= 4 is 45.8 Å². The number of hydrogen-bond acceptors (Lipinski definition) is 6. The first kappa shape index (κ1) is 26.5. The van der Waals surface area contributed by atoms with Crippen LogP contribution in [0.3, 0.4) is 0 Å². The molecule has 0 spiro atoms. The fraction of sp³-hybridized carbons (Fsp3) is 0.226. The van der Waals surface area contributed by atoms with Crippen molar-refractivity contribution in [3.05, 3.63) is 107 Å². The van der Waals surface area contributed by atoms with E-state index in [1.54, 1.807) is 12.1 Å². The van der Waals surface area contributed by atoms with Crippen LogP contribution in [0.2, 0.25) is 0 Å². The van der Waals surface area contributed by atoms with E-state index in [9.17, 15) is 9.18 Å². The maximum absolute atomic E-state index is 13.7. The monoisotopic (exact) mass is 646 g/mol. The van der Waals surface area contributed by atoms with Crippen LogP contribution in [0.25, 0.3) is 11.3 Å². The first-order valence-electron chi connectivity index (χ1n) is 13.2. The zero-order chi connectivity index (χ0) is 27.6. The molecular weight excluding hydrogens is 618 g/mol. The van der Waals surface area contributed by atoms with Gasteiger partial charge in [0.1, 0.15) is 5.82 Å². The predicted octanol–water partition coefficient (Wildman–Crippen LogP) is 5.70. The number of hydrogen-bond donors (Lipinski definition) is 1. The molecule has 1 aromatic heterocycles. The van der Waals surface area contributed by atoms with E-state index in [1.165, 1.54) is 17.7 Å². The lowest BCUT2D eigenvalue weighted by Crippen LogP contribution is -2.47. The van der Waals surface area contributed by atoms with E-state index < -0.39 is 0 Å². The van der Waals surface area contributed by atoms with Gasteiger partial charge in [0.05, 0.1) is 18.0 Å². The highest BCUT2D eigenvalue weighted by Gasteiger charge is 2.23. The van der Waals surface area contributed by atoms with Crippen LogP contribution in [0.4, 0.5) is 16.0 Å². The lowest BCUT2D eigenvalue weighted by atomic mass is 9.94. The quantitative estimate of drug-likeness (QED) is 0.223. The summed E-state index contributed by atoms with van der Waals surface area (Å²) in [7, 11) is 2.07. The molecule has 1 fully saturated rings. The van der Waals surface area contributed by atoms with Crippen molar-refractivity contribution in [3.63, 3.8) is 0 Å². The summed E-state index contributed by atoms with van der Waals surface area (Å²) in [5.41, 5.74) is 7.98. The Morgan fingerprint density at radius 1 is 0.975 bits per heavy atom. The predicted molar refractivity (Wildman–Crippen MR) is 164 cm³/mol. The van der Waals surface area contributed by atoms with Gasteiger partial charge >= 0.3 is 0 Å². The Hall–Kier alpha value is -3.70. The van der Waals surface area contributed by atoms with Crippen LogP contribution in [0, 0.1) is 5.82 Å². The second-order valence-corrected chi connectivity index (χ2v) is 10.8. The number of rotatable bonds is 5. The second kappa shape index (κ2) is 11.4. The minimum Gasteiger partial charge on any atom is -0.336 e. The van der Waals surface area contributed by atoms with Crippen molar-refractivity contribution in [1.29, 1.82) is 0 Å². The average molecular weight is 647 g/mol. The van der Waals surface area contributed by atoms with Gasteiger partial charge < -0.3 is 15.1 Å². The Balaban J connectivity index is 1.28. The lowest BCUT2D eigenvalue weighted by molar-refractivity contribution is 0.0664. The van der Waals surface area contributed by atoms with E-state index in [2.05, 4.69) is 63.0 Å². The number of nitrogens with one attached hydrogen (secondary N) is 1. The van der Waals surface area contributed by atoms with Gasteiger partial charge in [-0.05, 0) is 67.2 Å². The molecule has 7 nitrogen and oxygen atoms in total. The Labute approximate surface area is 246 Å². The highest BCUT2D eigenvalue weighted by atomic mass is 127. The molecule has 0 atom stereocenters. The van der Waals surface area contributed by atoms with Gasteiger partial charge in [-0.25, -0.2) is 14.4 Å². The van der Waals surface area contributed by atoms with E-state index in [-0.39, 0.29) is 11.7 Å². The largest absolute Gasteiger partial charge is 0.336 e. The van der Waals surface area contributed by atoms with Crippen molar-refractivity contribution < 1.29 is 9.18 Å². The summed E-state index contributed by atoms with van der Waals surface area (Å²) < 4.78 is 14.5. The van der Waals surface area contributed by atoms with Gasteiger partial charge in [0.15, 0.2) is 0 Å². The lowest BCUT2D eigenvalue weighted by Gasteiger charge is -2.32. The van der Waals surface area contributed by atoms with Crippen molar-refractivity contribution in [2.75, 3.05) is 38.5 Å². The zero-order valence-electron chi connectivity index (χ0n) is 22.1. The number of benzene rings is 3. The van der Waals surface area contributed by atoms with Crippen molar-refractivity contribution in [2.45, 2.75) is 11.0 Å². The molecule has 202 valence electrons. The van der Waals surface area contributed by atoms with E-state index in [0.717, 1.165) is 70.0 Å². The number of aromatic nitrogens is 2. The molecule has 0 radical (unpaired) electrons. The van der Waals surface area contributed by atoms with E-state index in [4.69, 9.17) is 9.98 Å². The fourth-order valence-electron chi connectivity index (χ4n) is 5.01. The SMILES string of the molecule is CN1CCN(C(=O)c2ccc(Nc3ncc4c(n3)-c3ccc(CI)cc3C(c3ccc(F)cc3)=NC4)cc2)CC1. The van der Waals surface area contributed by atoms with E-state index in [1.807, 2.05) is 35.4 Å². The molecule has 0 bridgehead atoms. The van der Waals surface area contributed by atoms with Gasteiger partial charge in [-0.2, -0.15) is 0 Å². The number of fused-ring (bicyclic) bond motifs is 3. The molecule has 9 heteroatoms. The van der Waals surface area contributed by atoms with Gasteiger partial charge in [-0.3, -0.25) is 9.79 Å². The Kier molecular flexibility index (Phi) is 7.57. The fourth-order valence-corrected chi connectivity index (χ4v) is 5.49. The third-order valence-electron chi connectivity index (χ3n) is 7.32. The molecule has 6 rings (SSSR count). The number of aliphatic imine (C=N–C) groups is 1. The molecular formula is C31H28FIN6O. The smallest absolute Gasteiger partial charge is 0.253 e. The van der Waals surface area contributed by atoms with Gasteiger partial charge in [0, 0.05) is 70.3 Å². The van der Waals surface area contributed by atoms with Gasteiger partial charge in [-0.15, -0.1) is 0 Å². The topological polar surface area (TPSA) is 73.7 Å². The van der Waals surface area contributed by atoms with Crippen LogP contribution < -0.4 is 5.32 Å². The minimum atomic E-state index is -0.277. The first-order chi connectivity index (χ1) is 19.5. The number of nitrogens with zero attached hydrogens (tertiary/aromatic N) is 5. The summed E-state index contributed by atoms with van der Waals surface area (Å²) in [5, 5.41) is 3.29. The number of amides is 1. The summed E-state index contributed by atoms with van der Waals surface area (Å²) in [4.78, 5) is 31.4. The van der Waals surface area contributed by atoms with Crippen LogP contribution in [-0.2, 0) is 11.0 Å². The van der Waals surface area contributed by atoms with Crippen molar-refractivity contribution in [3.8, 4) is 11.3 Å². The number of carbonyl (C=O) groups is 1. The molecule has 0 aliphatic carbocycles. The molecule has 2 aliphatic rings. The normalized spacial score (nSPS) is 15.1. The highest BCUT2D eigenvalue weighted by Crippen LogP contribution is 2.33. The van der Waals surface area contributed by atoms with Gasteiger partial charge in [0.25, 0.3) is 5.91 Å². The first-order valence-corrected chi connectivity index (χ1v) is 14.7. The van der Waals surface area contributed by atoms with Crippen molar-refractivity contribution in [1.82, 2.24) is 19.8 Å². The molecule has 3 aromatic carbocycles. The van der Waals surface area contributed by atoms with E-state index in [0.29, 0.717) is 18.1 Å². The third-order valence-corrected chi connectivity index (χ3v) is 8.20. The van der Waals surface area contributed by atoms with E-state index >= 15 is 0 Å². The number of piperazine rings is 1. The number of alkyl halides is 1. The van der Waals surface area contributed by atoms with Crippen LogP contribution in [0.1, 0.15) is 32.6 Å². The van der Waals surface area contributed by atoms with Crippen molar-refractivity contribution in [2.24, 2.45) is 4.99 Å². The molecule has 0 unspecified atom stereocenters. The average Bonchev–Trinajstić information content (AvgIpc) is 3.14. The molecule has 2 aliphatic heterocycles. The van der Waals surface area contributed by atoms with Crippen LogP contribution in [-0.4, -0.2) is 64.6 Å². The zero-order valence-corrected chi connectivity index (χ0v) is 24.2. The molecule has 40 heavy (non-hydrogen) atoms. The summed E-state index contributed by atoms with van der Waals surface area (Å²) in [6.07, 6.45) is 1.81. The molecule has 1 N–H and O–H groups in total. The summed E-state index contributed by atoms with van der Waals surface area (Å²) >= 11 is 2.35. The minimum absolute atomic E-state index is 0.0559. The molecule has 1 amide bonds. The summed E-state index contributed by atoms with van der Waals surface area (Å²) in [6, 6.07) is 20.2. The standard InChI is InChI=1S/C31H28FIN6O/c1-38-12-14-39(15-13-38)30(40)22-5-9-25(10-6-22)36-31-35-19-23-18-34-28(21-3-7-24(32)8-4-21)27-16-20(17-33)2-11-26(27)29(23)37-31/h2-11,16,19H,12-15,17-18H2,1H3,(H,35,36,37). The number of halogens is 2. The highest BCUT2D eigenvalue weighted by molar-refractivity contribution is 14.1. The Bertz CT molecular complexity index is 1580. The molecule has 0 saturated carbocycles. The van der Waals surface area contributed by atoms with Crippen LogP contribution in [0.5, 0.6) is 0 Å². The Morgan fingerprint density at radius 2 is 1.73 bits per heavy atom. The Morgan fingerprint density at radius 3 is 2.45 bits per heavy atom. The maximum atomic E-state index is 13.7. The third kappa shape index (κ3) is 5.48. The molecule has 4 aromatic rings. The molecule has 3 heterocycles. The van der Waals surface area contributed by atoms with Gasteiger partial charge in [0.2, 0.25) is 5.95 Å². The summed E-state index contributed by atoms with van der Waals surface area (Å²) in [5.74, 6) is 0.243. The number of carbonyl (C=O) groups excluding carboxylic acids is 1. The number of likely N-dealkylation sites (N-methyl/N-ethyl adjacent to an activating group) is 1. The number of anilines is 2. The van der Waals surface area contributed by atoms with Gasteiger partial charge in [-0.1, -0.05) is 34.7 Å². The molecule has 1 saturated heterocycles. The summed E-state index contributed by atoms with van der Waals surface area (Å²) in [6.45, 7) is 3.68. The second-order valence-electron chi connectivity index (χ2n) is 10.1. The van der Waals surface area contributed by atoms with Crippen LogP contribution in [0.15, 0.2) is 77.9 Å².